The lowest BCUT2D eigenvalue weighted by Crippen LogP contribution is -2.24. The molecule has 21 heavy (non-hydrogen) atoms. The van der Waals surface area contributed by atoms with Gasteiger partial charge in [-0.25, -0.2) is 9.97 Å². The first-order valence-electron chi connectivity index (χ1n) is 7.34. The number of carbonyl (C=O) groups excluding carboxylic acids is 1. The molecular weight excluding hydrogens is 302 g/mol. The molecule has 1 N–H and O–H groups in total. The number of hydrogen-bond acceptors (Lipinski definition) is 5. The van der Waals surface area contributed by atoms with Crippen molar-refractivity contribution < 1.29 is 4.79 Å². The molecule has 2 aromatic rings. The quantitative estimate of drug-likeness (QED) is 0.911. The third-order valence-corrected chi connectivity index (χ3v) is 5.70. The molecule has 1 amide bonds. The Labute approximate surface area is 132 Å². The highest BCUT2D eigenvalue weighted by Crippen LogP contribution is 2.32. The van der Waals surface area contributed by atoms with Gasteiger partial charge in [0, 0.05) is 11.3 Å². The molecule has 2 heterocycles. The summed E-state index contributed by atoms with van der Waals surface area (Å²) >= 11 is 3.14. The van der Waals surface area contributed by atoms with Crippen molar-refractivity contribution in [3.05, 3.63) is 16.1 Å². The van der Waals surface area contributed by atoms with Crippen LogP contribution in [0.3, 0.4) is 0 Å². The van der Waals surface area contributed by atoms with E-state index >= 15 is 0 Å². The van der Waals surface area contributed by atoms with Crippen molar-refractivity contribution in [3.8, 4) is 10.6 Å². The minimum Gasteiger partial charge on any atom is -0.302 e. The summed E-state index contributed by atoms with van der Waals surface area (Å²) < 4.78 is 0. The number of nitrogens with zero attached hydrogens (tertiary/aromatic N) is 2. The van der Waals surface area contributed by atoms with E-state index in [1.54, 1.807) is 11.3 Å². The van der Waals surface area contributed by atoms with E-state index < -0.39 is 0 Å². The predicted octanol–water partition coefficient (Wildman–Crippen LogP) is 4.40. The highest BCUT2D eigenvalue weighted by molar-refractivity contribution is 7.16. The van der Waals surface area contributed by atoms with E-state index in [2.05, 4.69) is 15.3 Å². The summed E-state index contributed by atoms with van der Waals surface area (Å²) in [5, 5.41) is 6.72. The fourth-order valence-corrected chi connectivity index (χ4v) is 4.44. The number of nitrogens with one attached hydrogen (secondary N) is 1. The fourth-order valence-electron chi connectivity index (χ4n) is 2.78. The molecule has 0 saturated heterocycles. The van der Waals surface area contributed by atoms with Gasteiger partial charge in [-0.3, -0.25) is 4.79 Å². The van der Waals surface area contributed by atoms with E-state index in [0.717, 1.165) is 34.1 Å². The molecule has 4 nitrogen and oxygen atoms in total. The lowest BCUT2D eigenvalue weighted by atomic mass is 9.89. The maximum atomic E-state index is 12.2. The molecule has 1 fully saturated rings. The van der Waals surface area contributed by atoms with Crippen molar-refractivity contribution in [1.29, 1.82) is 0 Å². The number of anilines is 1. The molecule has 0 radical (unpaired) electrons. The zero-order valence-electron chi connectivity index (χ0n) is 12.3. The van der Waals surface area contributed by atoms with Crippen LogP contribution in [0.1, 0.15) is 42.8 Å². The van der Waals surface area contributed by atoms with Crippen LogP contribution in [-0.4, -0.2) is 15.9 Å². The van der Waals surface area contributed by atoms with Gasteiger partial charge < -0.3 is 5.32 Å². The molecule has 2 aromatic heterocycles. The standard InChI is InChI=1S/C15H19N3OS2/c1-9-13(21-10(2)16-9)12-8-20-15(17-12)18-14(19)11-6-4-3-5-7-11/h8,11H,3-7H2,1-2H3,(H,17,18,19). The molecule has 6 heteroatoms. The minimum absolute atomic E-state index is 0.132. The Bertz CT molecular complexity index is 641. The SMILES string of the molecule is Cc1nc(C)c(-c2csc(NC(=O)C3CCCCC3)n2)s1. The molecular formula is C15H19N3OS2. The number of rotatable bonds is 3. The molecule has 0 aromatic carbocycles. The Morgan fingerprint density at radius 3 is 2.67 bits per heavy atom. The Morgan fingerprint density at radius 1 is 1.24 bits per heavy atom. The Hall–Kier alpha value is -1.27. The summed E-state index contributed by atoms with van der Waals surface area (Å²) in [6.07, 6.45) is 5.62. The van der Waals surface area contributed by atoms with Gasteiger partial charge in [-0.2, -0.15) is 0 Å². The number of amides is 1. The van der Waals surface area contributed by atoms with Gasteiger partial charge >= 0.3 is 0 Å². The molecule has 0 aliphatic heterocycles. The van der Waals surface area contributed by atoms with E-state index in [1.165, 1.54) is 30.6 Å². The minimum atomic E-state index is 0.132. The molecule has 1 saturated carbocycles. The first kappa shape index (κ1) is 14.7. The third kappa shape index (κ3) is 3.32. The monoisotopic (exact) mass is 321 g/mol. The second-order valence-corrected chi connectivity index (χ2v) is 7.57. The number of hydrogen-bond donors (Lipinski definition) is 1. The number of thiazole rings is 2. The lowest BCUT2D eigenvalue weighted by molar-refractivity contribution is -0.120. The van der Waals surface area contributed by atoms with Crippen LogP contribution in [0, 0.1) is 19.8 Å². The normalized spacial score (nSPS) is 16.1. The van der Waals surface area contributed by atoms with E-state index in [1.807, 2.05) is 19.2 Å². The van der Waals surface area contributed by atoms with Crippen molar-refractivity contribution in [2.75, 3.05) is 5.32 Å². The van der Waals surface area contributed by atoms with Crippen molar-refractivity contribution in [3.63, 3.8) is 0 Å². The van der Waals surface area contributed by atoms with Gasteiger partial charge in [0.15, 0.2) is 5.13 Å². The molecule has 1 aliphatic carbocycles. The number of aryl methyl sites for hydroxylation is 2. The lowest BCUT2D eigenvalue weighted by Gasteiger charge is -2.19. The second-order valence-electron chi connectivity index (χ2n) is 5.51. The van der Waals surface area contributed by atoms with Crippen LogP contribution >= 0.6 is 22.7 Å². The fraction of sp³-hybridized carbons (Fsp3) is 0.533. The van der Waals surface area contributed by atoms with Crippen molar-refractivity contribution in [2.24, 2.45) is 5.92 Å². The van der Waals surface area contributed by atoms with Crippen LogP contribution in [0.4, 0.5) is 5.13 Å². The molecule has 0 bridgehead atoms. The zero-order chi connectivity index (χ0) is 14.8. The largest absolute Gasteiger partial charge is 0.302 e. The van der Waals surface area contributed by atoms with Crippen molar-refractivity contribution >= 4 is 33.7 Å². The smallest absolute Gasteiger partial charge is 0.229 e. The maximum absolute atomic E-state index is 12.2. The van der Waals surface area contributed by atoms with Gasteiger partial charge in [-0.15, -0.1) is 22.7 Å². The first-order chi connectivity index (χ1) is 10.1. The molecule has 0 spiro atoms. The number of carbonyl (C=O) groups is 1. The predicted molar refractivity (Wildman–Crippen MR) is 87.9 cm³/mol. The van der Waals surface area contributed by atoms with Crippen LogP contribution in [0.25, 0.3) is 10.6 Å². The first-order valence-corrected chi connectivity index (χ1v) is 9.04. The van der Waals surface area contributed by atoms with Gasteiger partial charge in [0.25, 0.3) is 0 Å². The van der Waals surface area contributed by atoms with Crippen LogP contribution in [-0.2, 0) is 4.79 Å². The topological polar surface area (TPSA) is 54.9 Å². The molecule has 1 aliphatic rings. The van der Waals surface area contributed by atoms with Crippen molar-refractivity contribution in [2.45, 2.75) is 46.0 Å². The van der Waals surface area contributed by atoms with E-state index in [-0.39, 0.29) is 11.8 Å². The van der Waals surface area contributed by atoms with Crippen LogP contribution in [0.2, 0.25) is 0 Å². The summed E-state index contributed by atoms with van der Waals surface area (Å²) in [5.74, 6) is 0.297. The van der Waals surface area contributed by atoms with Gasteiger partial charge in [0.1, 0.15) is 0 Å². The summed E-state index contributed by atoms with van der Waals surface area (Å²) in [6, 6.07) is 0. The highest BCUT2D eigenvalue weighted by Gasteiger charge is 2.22. The summed E-state index contributed by atoms with van der Waals surface area (Å²) in [7, 11) is 0. The van der Waals surface area contributed by atoms with Gasteiger partial charge in [-0.05, 0) is 26.7 Å². The molecule has 0 atom stereocenters. The Morgan fingerprint density at radius 2 is 2.00 bits per heavy atom. The third-order valence-electron chi connectivity index (χ3n) is 3.85. The molecule has 112 valence electrons. The summed E-state index contributed by atoms with van der Waals surface area (Å²) in [6.45, 7) is 4.00. The zero-order valence-corrected chi connectivity index (χ0v) is 13.9. The van der Waals surface area contributed by atoms with Gasteiger partial charge in [0.2, 0.25) is 5.91 Å². The van der Waals surface area contributed by atoms with E-state index in [0.29, 0.717) is 5.13 Å². The van der Waals surface area contributed by atoms with Crippen molar-refractivity contribution in [1.82, 2.24) is 9.97 Å². The Kier molecular flexibility index (Phi) is 4.35. The number of aromatic nitrogens is 2. The van der Waals surface area contributed by atoms with Crippen LogP contribution < -0.4 is 5.32 Å². The average Bonchev–Trinajstić information content (AvgIpc) is 3.06. The second kappa shape index (κ2) is 6.23. The van der Waals surface area contributed by atoms with E-state index in [4.69, 9.17) is 0 Å². The van der Waals surface area contributed by atoms with Gasteiger partial charge in [-0.1, -0.05) is 19.3 Å². The molecule has 3 rings (SSSR count). The van der Waals surface area contributed by atoms with E-state index in [9.17, 15) is 4.79 Å². The van der Waals surface area contributed by atoms with Crippen LogP contribution in [0.5, 0.6) is 0 Å². The summed E-state index contributed by atoms with van der Waals surface area (Å²) in [5.41, 5.74) is 1.93. The maximum Gasteiger partial charge on any atom is 0.229 e. The molecule has 0 unspecified atom stereocenters. The average molecular weight is 321 g/mol. The van der Waals surface area contributed by atoms with Gasteiger partial charge in [0.05, 0.1) is 21.3 Å². The highest BCUT2D eigenvalue weighted by atomic mass is 32.1. The summed E-state index contributed by atoms with van der Waals surface area (Å²) in [4.78, 5) is 22.3. The van der Waals surface area contributed by atoms with Crippen LogP contribution in [0.15, 0.2) is 5.38 Å². The Balaban J connectivity index is 1.70.